The molecular formula is C18H15Cl2N3O5S2. The van der Waals surface area contributed by atoms with Crippen molar-refractivity contribution in [2.45, 2.75) is 4.90 Å². The Morgan fingerprint density at radius 1 is 1.07 bits per heavy atom. The molecule has 3 rings (SSSR count). The number of sulfonamides is 1. The quantitative estimate of drug-likeness (QED) is 0.507. The van der Waals surface area contributed by atoms with E-state index in [0.29, 0.717) is 10.9 Å². The van der Waals surface area contributed by atoms with Gasteiger partial charge < -0.3 is 9.47 Å². The number of ether oxygens (including phenoxy) is 2. The number of amides is 1. The van der Waals surface area contributed by atoms with E-state index in [1.54, 1.807) is 5.38 Å². The van der Waals surface area contributed by atoms with Crippen LogP contribution in [0, 0.1) is 0 Å². The van der Waals surface area contributed by atoms with Crippen LogP contribution in [-0.4, -0.2) is 33.5 Å². The molecule has 158 valence electrons. The molecule has 8 nitrogen and oxygen atoms in total. The van der Waals surface area contributed by atoms with Crippen molar-refractivity contribution < 1.29 is 22.7 Å². The zero-order valence-electron chi connectivity index (χ0n) is 15.6. The fourth-order valence-electron chi connectivity index (χ4n) is 2.44. The van der Waals surface area contributed by atoms with E-state index in [9.17, 15) is 13.2 Å². The molecule has 12 heteroatoms. The number of anilines is 2. The van der Waals surface area contributed by atoms with Gasteiger partial charge in [-0.15, -0.1) is 11.3 Å². The summed E-state index contributed by atoms with van der Waals surface area (Å²) in [5.41, 5.74) is 0.0847. The van der Waals surface area contributed by atoms with Crippen LogP contribution in [0.1, 0.15) is 10.4 Å². The number of hydrogen-bond acceptors (Lipinski definition) is 7. The second-order valence-corrected chi connectivity index (χ2v) is 9.12. The summed E-state index contributed by atoms with van der Waals surface area (Å²) in [7, 11) is -1.29. The lowest BCUT2D eigenvalue weighted by Gasteiger charge is -2.15. The Morgan fingerprint density at radius 3 is 2.43 bits per heavy atom. The molecule has 0 atom stereocenters. The number of carbonyl (C=O) groups is 1. The maximum Gasteiger partial charge on any atom is 0.262 e. The summed E-state index contributed by atoms with van der Waals surface area (Å²) in [5, 5.41) is 4.90. The van der Waals surface area contributed by atoms with Crippen molar-refractivity contribution in [3.8, 4) is 11.5 Å². The zero-order chi connectivity index (χ0) is 21.9. The number of halogens is 2. The van der Waals surface area contributed by atoms with Crippen LogP contribution in [0.4, 0.5) is 10.8 Å². The minimum absolute atomic E-state index is 0.0190. The molecule has 0 radical (unpaired) electrons. The molecule has 0 saturated carbocycles. The minimum atomic E-state index is -4.10. The van der Waals surface area contributed by atoms with Crippen LogP contribution in [0.2, 0.25) is 10.0 Å². The molecule has 0 saturated heterocycles. The number of methoxy groups -OCH3 is 2. The van der Waals surface area contributed by atoms with E-state index in [-0.39, 0.29) is 31.9 Å². The monoisotopic (exact) mass is 487 g/mol. The van der Waals surface area contributed by atoms with E-state index < -0.39 is 15.9 Å². The first-order chi connectivity index (χ1) is 14.2. The van der Waals surface area contributed by atoms with E-state index in [1.807, 2.05) is 0 Å². The number of thiazole rings is 1. The lowest BCUT2D eigenvalue weighted by Crippen LogP contribution is -2.16. The van der Waals surface area contributed by atoms with E-state index in [1.165, 1.54) is 62.1 Å². The van der Waals surface area contributed by atoms with Crippen LogP contribution in [-0.2, 0) is 10.0 Å². The van der Waals surface area contributed by atoms with Crippen LogP contribution >= 0.6 is 34.5 Å². The molecule has 2 N–H and O–H groups in total. The molecule has 3 aromatic rings. The van der Waals surface area contributed by atoms with Gasteiger partial charge in [-0.25, -0.2) is 13.4 Å². The number of hydrogen-bond donors (Lipinski definition) is 2. The molecule has 1 heterocycles. The third-order valence-electron chi connectivity index (χ3n) is 3.86. The van der Waals surface area contributed by atoms with Crippen LogP contribution in [0.3, 0.4) is 0 Å². The minimum Gasteiger partial charge on any atom is -0.495 e. The van der Waals surface area contributed by atoms with Crippen LogP contribution in [0.25, 0.3) is 0 Å². The van der Waals surface area contributed by atoms with Crippen molar-refractivity contribution in [2.75, 3.05) is 24.3 Å². The third kappa shape index (κ3) is 4.78. The highest BCUT2D eigenvalue weighted by atomic mass is 35.5. The maximum atomic E-state index is 12.9. The van der Waals surface area contributed by atoms with Crippen molar-refractivity contribution in [3.63, 3.8) is 0 Å². The van der Waals surface area contributed by atoms with Gasteiger partial charge in [-0.05, 0) is 24.3 Å². The highest BCUT2D eigenvalue weighted by Crippen LogP contribution is 2.37. The van der Waals surface area contributed by atoms with E-state index in [2.05, 4.69) is 15.0 Å². The molecule has 0 fully saturated rings. The number of nitrogens with zero attached hydrogens (tertiary/aromatic N) is 1. The van der Waals surface area contributed by atoms with Crippen molar-refractivity contribution in [3.05, 3.63) is 57.5 Å². The SMILES string of the molecule is COc1cc(OC)c(NS(=O)(=O)c2ccc(Cl)c(C(=O)Nc3nccs3)c2)cc1Cl. The lowest BCUT2D eigenvalue weighted by atomic mass is 10.2. The van der Waals surface area contributed by atoms with Crippen molar-refractivity contribution in [2.24, 2.45) is 0 Å². The molecule has 30 heavy (non-hydrogen) atoms. The average Bonchev–Trinajstić information content (AvgIpc) is 3.21. The summed E-state index contributed by atoms with van der Waals surface area (Å²) in [6.07, 6.45) is 1.53. The molecule has 1 aromatic heterocycles. The Kier molecular flexibility index (Phi) is 6.71. The first kappa shape index (κ1) is 22.2. The first-order valence-corrected chi connectivity index (χ1v) is 11.3. The van der Waals surface area contributed by atoms with Gasteiger partial charge in [0.2, 0.25) is 0 Å². The Hall–Kier alpha value is -2.53. The average molecular weight is 488 g/mol. The first-order valence-electron chi connectivity index (χ1n) is 8.20. The van der Waals surface area contributed by atoms with Crippen molar-refractivity contribution in [1.29, 1.82) is 0 Å². The topological polar surface area (TPSA) is 107 Å². The van der Waals surface area contributed by atoms with Gasteiger partial charge in [0, 0.05) is 17.6 Å². The molecule has 0 bridgehead atoms. The smallest absolute Gasteiger partial charge is 0.262 e. The molecule has 1 amide bonds. The van der Waals surface area contributed by atoms with Crippen molar-refractivity contribution in [1.82, 2.24) is 4.98 Å². The molecular weight excluding hydrogens is 473 g/mol. The lowest BCUT2D eigenvalue weighted by molar-refractivity contribution is 0.102. The summed E-state index contributed by atoms with van der Waals surface area (Å²) in [5.74, 6) is -0.0586. The van der Waals surface area contributed by atoms with E-state index >= 15 is 0 Å². The van der Waals surface area contributed by atoms with Gasteiger partial charge in [0.05, 0.1) is 40.4 Å². The third-order valence-corrected chi connectivity index (χ3v) is 6.54. The van der Waals surface area contributed by atoms with Gasteiger partial charge in [-0.2, -0.15) is 0 Å². The number of nitrogens with one attached hydrogen (secondary N) is 2. The summed E-state index contributed by atoms with van der Waals surface area (Å²) in [6.45, 7) is 0. The number of benzene rings is 2. The van der Waals surface area contributed by atoms with Crippen LogP contribution < -0.4 is 19.5 Å². The normalized spacial score (nSPS) is 11.1. The molecule has 2 aromatic carbocycles. The standard InChI is InChI=1S/C18H15Cl2N3O5S2/c1-27-15-9-16(28-2)14(8-13(15)20)23-30(25,26)10-3-4-12(19)11(7-10)17(24)22-18-21-5-6-29-18/h3-9,23H,1-2H3,(H,21,22,24). The summed E-state index contributed by atoms with van der Waals surface area (Å²) >= 11 is 13.4. The zero-order valence-corrected chi connectivity index (χ0v) is 18.7. The van der Waals surface area contributed by atoms with Gasteiger partial charge in [0.15, 0.2) is 5.13 Å². The molecule has 0 spiro atoms. The second-order valence-electron chi connectivity index (χ2n) is 5.73. The van der Waals surface area contributed by atoms with Gasteiger partial charge in [-0.1, -0.05) is 23.2 Å². The Balaban J connectivity index is 1.93. The van der Waals surface area contributed by atoms with Gasteiger partial charge in [0.25, 0.3) is 15.9 Å². The summed E-state index contributed by atoms with van der Waals surface area (Å²) in [6, 6.07) is 6.59. The highest BCUT2D eigenvalue weighted by molar-refractivity contribution is 7.92. The van der Waals surface area contributed by atoms with Gasteiger partial charge in [0.1, 0.15) is 11.5 Å². The molecule has 0 aliphatic carbocycles. The van der Waals surface area contributed by atoms with E-state index in [0.717, 1.165) is 0 Å². The van der Waals surface area contributed by atoms with E-state index in [4.69, 9.17) is 32.7 Å². The van der Waals surface area contributed by atoms with Gasteiger partial charge >= 0.3 is 0 Å². The van der Waals surface area contributed by atoms with Crippen LogP contribution in [0.15, 0.2) is 46.8 Å². The summed E-state index contributed by atoms with van der Waals surface area (Å²) < 4.78 is 38.5. The summed E-state index contributed by atoms with van der Waals surface area (Å²) in [4.78, 5) is 16.3. The molecule has 0 aliphatic heterocycles. The van der Waals surface area contributed by atoms with Gasteiger partial charge in [-0.3, -0.25) is 14.8 Å². The highest BCUT2D eigenvalue weighted by Gasteiger charge is 2.22. The predicted molar refractivity (Wildman–Crippen MR) is 117 cm³/mol. The fourth-order valence-corrected chi connectivity index (χ4v) is 4.49. The Morgan fingerprint density at radius 2 is 1.80 bits per heavy atom. The van der Waals surface area contributed by atoms with Crippen molar-refractivity contribution >= 4 is 61.3 Å². The number of aromatic nitrogens is 1. The van der Waals surface area contributed by atoms with Crippen LogP contribution in [0.5, 0.6) is 11.5 Å². The second kappa shape index (κ2) is 9.09. The maximum absolute atomic E-state index is 12.9. The Labute approximate surface area is 186 Å². The largest absolute Gasteiger partial charge is 0.495 e. The number of carbonyl (C=O) groups excluding carboxylic acids is 1. The molecule has 0 unspecified atom stereocenters. The molecule has 0 aliphatic rings. The fraction of sp³-hybridized carbons (Fsp3) is 0.111. The Bertz CT molecular complexity index is 1180. The predicted octanol–water partition coefficient (Wildman–Crippen LogP) is 4.52. The number of rotatable bonds is 7.